The molecule has 1 aromatic rings. The summed E-state index contributed by atoms with van der Waals surface area (Å²) in [6, 6.07) is 9.06. The molecular formula is C12H16N4O. The number of carbonyl (C=O) groups is 1. The molecule has 1 amide bonds. The Morgan fingerprint density at radius 1 is 1.59 bits per heavy atom. The number of rotatable bonds is 5. The molecule has 0 aliphatic rings. The van der Waals surface area contributed by atoms with Crippen LogP contribution in [-0.2, 0) is 11.3 Å². The molecule has 0 radical (unpaired) electrons. The summed E-state index contributed by atoms with van der Waals surface area (Å²) >= 11 is 0. The largest absolute Gasteiger partial charge is 0.399 e. The second-order valence-corrected chi connectivity index (χ2v) is 3.92. The number of benzene rings is 1. The van der Waals surface area contributed by atoms with Gasteiger partial charge in [-0.05, 0) is 24.6 Å². The Morgan fingerprint density at radius 3 is 2.82 bits per heavy atom. The van der Waals surface area contributed by atoms with Crippen LogP contribution in [0.2, 0.25) is 0 Å². The molecular weight excluding hydrogens is 216 g/mol. The van der Waals surface area contributed by atoms with Crippen LogP contribution in [0.5, 0.6) is 0 Å². The van der Waals surface area contributed by atoms with Gasteiger partial charge in [0, 0.05) is 12.2 Å². The molecule has 0 aliphatic carbocycles. The summed E-state index contributed by atoms with van der Waals surface area (Å²) < 4.78 is 0. The SMILES string of the molecule is CC(C#N)N(CC(N)=O)Cc1cccc(N)c1. The van der Waals surface area contributed by atoms with E-state index in [2.05, 4.69) is 6.07 Å². The Bertz CT molecular complexity index is 438. The third-order valence-corrected chi connectivity index (χ3v) is 2.43. The van der Waals surface area contributed by atoms with E-state index in [-0.39, 0.29) is 12.6 Å². The molecule has 1 aromatic carbocycles. The first-order valence-electron chi connectivity index (χ1n) is 5.29. The van der Waals surface area contributed by atoms with Gasteiger partial charge in [0.25, 0.3) is 0 Å². The standard InChI is InChI=1S/C12H16N4O/c1-9(6-13)16(8-12(15)17)7-10-3-2-4-11(14)5-10/h2-5,9H,7-8,14H2,1H3,(H2,15,17). The number of nitrogen functional groups attached to an aromatic ring is 1. The van der Waals surface area contributed by atoms with Gasteiger partial charge in [-0.3, -0.25) is 9.69 Å². The van der Waals surface area contributed by atoms with Gasteiger partial charge in [-0.1, -0.05) is 12.1 Å². The zero-order valence-electron chi connectivity index (χ0n) is 9.76. The fraction of sp³-hybridized carbons (Fsp3) is 0.333. The highest BCUT2D eigenvalue weighted by atomic mass is 16.1. The fourth-order valence-electron chi connectivity index (χ4n) is 1.54. The highest BCUT2D eigenvalue weighted by molar-refractivity contribution is 5.76. The molecule has 0 aliphatic heterocycles. The van der Waals surface area contributed by atoms with Crippen LogP contribution in [-0.4, -0.2) is 23.4 Å². The molecule has 1 atom stereocenters. The van der Waals surface area contributed by atoms with Crippen molar-refractivity contribution in [1.82, 2.24) is 4.90 Å². The minimum Gasteiger partial charge on any atom is -0.399 e. The molecule has 1 rings (SSSR count). The molecule has 5 nitrogen and oxygen atoms in total. The fourth-order valence-corrected chi connectivity index (χ4v) is 1.54. The summed E-state index contributed by atoms with van der Waals surface area (Å²) in [5.41, 5.74) is 12.4. The molecule has 17 heavy (non-hydrogen) atoms. The second-order valence-electron chi connectivity index (χ2n) is 3.92. The number of nitrogens with two attached hydrogens (primary N) is 2. The van der Waals surface area contributed by atoms with Crippen LogP contribution in [0.25, 0.3) is 0 Å². The summed E-state index contributed by atoms with van der Waals surface area (Å²) in [5, 5.41) is 8.88. The van der Waals surface area contributed by atoms with E-state index < -0.39 is 5.91 Å². The first-order chi connectivity index (χ1) is 8.02. The van der Waals surface area contributed by atoms with Crippen molar-refractivity contribution >= 4 is 11.6 Å². The summed E-state index contributed by atoms with van der Waals surface area (Å²) in [4.78, 5) is 12.6. The quantitative estimate of drug-likeness (QED) is 0.721. The zero-order chi connectivity index (χ0) is 12.8. The lowest BCUT2D eigenvalue weighted by molar-refractivity contribution is -0.119. The van der Waals surface area contributed by atoms with Crippen LogP contribution in [0.1, 0.15) is 12.5 Å². The van der Waals surface area contributed by atoms with Crippen LogP contribution in [0, 0.1) is 11.3 Å². The average molecular weight is 232 g/mol. The Kier molecular flexibility index (Phi) is 4.49. The predicted molar refractivity (Wildman–Crippen MR) is 65.5 cm³/mol. The molecule has 90 valence electrons. The van der Waals surface area contributed by atoms with Crippen LogP contribution in [0.15, 0.2) is 24.3 Å². The molecule has 5 heteroatoms. The lowest BCUT2D eigenvalue weighted by Gasteiger charge is -2.23. The summed E-state index contributed by atoms with van der Waals surface area (Å²) in [7, 11) is 0. The average Bonchev–Trinajstić information content (AvgIpc) is 2.26. The van der Waals surface area contributed by atoms with Gasteiger partial charge < -0.3 is 11.5 Å². The Balaban J connectivity index is 2.79. The molecule has 0 saturated carbocycles. The Morgan fingerprint density at radius 2 is 2.29 bits per heavy atom. The van der Waals surface area contributed by atoms with Crippen molar-refractivity contribution in [2.75, 3.05) is 12.3 Å². The van der Waals surface area contributed by atoms with E-state index in [1.54, 1.807) is 17.9 Å². The van der Waals surface area contributed by atoms with Gasteiger partial charge in [0.1, 0.15) is 0 Å². The minimum absolute atomic E-state index is 0.0591. The summed E-state index contributed by atoms with van der Waals surface area (Å²) in [6.45, 7) is 2.27. The first kappa shape index (κ1) is 13.0. The maximum absolute atomic E-state index is 10.9. The monoisotopic (exact) mass is 232 g/mol. The van der Waals surface area contributed by atoms with Crippen molar-refractivity contribution < 1.29 is 4.79 Å². The summed E-state index contributed by atoms with van der Waals surface area (Å²) in [6.07, 6.45) is 0. The molecule has 0 bridgehead atoms. The van der Waals surface area contributed by atoms with Crippen molar-refractivity contribution in [1.29, 1.82) is 5.26 Å². The van der Waals surface area contributed by atoms with Crippen LogP contribution in [0.3, 0.4) is 0 Å². The molecule has 1 unspecified atom stereocenters. The third-order valence-electron chi connectivity index (χ3n) is 2.43. The Labute approximate surface area is 101 Å². The number of primary amides is 1. The van der Waals surface area contributed by atoms with Gasteiger partial charge in [0.15, 0.2) is 0 Å². The van der Waals surface area contributed by atoms with E-state index in [9.17, 15) is 4.79 Å². The molecule has 0 heterocycles. The molecule has 4 N–H and O–H groups in total. The van der Waals surface area contributed by atoms with Crippen molar-refractivity contribution in [3.05, 3.63) is 29.8 Å². The predicted octanol–water partition coefficient (Wildman–Crippen LogP) is 0.468. The lowest BCUT2D eigenvalue weighted by Crippen LogP contribution is -2.38. The maximum Gasteiger partial charge on any atom is 0.231 e. The number of nitriles is 1. The van der Waals surface area contributed by atoms with Crippen molar-refractivity contribution in [3.8, 4) is 6.07 Å². The topological polar surface area (TPSA) is 96.1 Å². The number of carbonyl (C=O) groups excluding carboxylic acids is 1. The van der Waals surface area contributed by atoms with Gasteiger partial charge in [-0.15, -0.1) is 0 Å². The summed E-state index contributed by atoms with van der Waals surface area (Å²) in [5.74, 6) is -0.448. The highest BCUT2D eigenvalue weighted by Crippen LogP contribution is 2.11. The minimum atomic E-state index is -0.448. The van der Waals surface area contributed by atoms with Crippen molar-refractivity contribution in [2.24, 2.45) is 5.73 Å². The third kappa shape index (κ3) is 4.13. The molecule has 0 fully saturated rings. The second kappa shape index (κ2) is 5.87. The van der Waals surface area contributed by atoms with Crippen molar-refractivity contribution in [2.45, 2.75) is 19.5 Å². The van der Waals surface area contributed by atoms with Crippen LogP contribution in [0.4, 0.5) is 5.69 Å². The van der Waals surface area contributed by atoms with E-state index in [0.29, 0.717) is 12.2 Å². The normalized spacial score (nSPS) is 12.1. The van der Waals surface area contributed by atoms with Crippen LogP contribution < -0.4 is 11.5 Å². The van der Waals surface area contributed by atoms with Gasteiger partial charge in [-0.2, -0.15) is 5.26 Å². The van der Waals surface area contributed by atoms with E-state index in [4.69, 9.17) is 16.7 Å². The van der Waals surface area contributed by atoms with E-state index in [0.717, 1.165) is 5.56 Å². The van der Waals surface area contributed by atoms with Crippen LogP contribution >= 0.6 is 0 Å². The molecule has 0 spiro atoms. The maximum atomic E-state index is 10.9. The number of amides is 1. The van der Waals surface area contributed by atoms with Gasteiger partial charge in [-0.25, -0.2) is 0 Å². The first-order valence-corrected chi connectivity index (χ1v) is 5.29. The molecule has 0 aromatic heterocycles. The van der Waals surface area contributed by atoms with Gasteiger partial charge in [0.05, 0.1) is 18.7 Å². The van der Waals surface area contributed by atoms with E-state index in [1.165, 1.54) is 0 Å². The highest BCUT2D eigenvalue weighted by Gasteiger charge is 2.15. The molecule has 0 saturated heterocycles. The number of nitrogens with zero attached hydrogens (tertiary/aromatic N) is 2. The van der Waals surface area contributed by atoms with Gasteiger partial charge >= 0.3 is 0 Å². The lowest BCUT2D eigenvalue weighted by atomic mass is 10.1. The zero-order valence-corrected chi connectivity index (χ0v) is 9.76. The van der Waals surface area contributed by atoms with E-state index >= 15 is 0 Å². The number of hydrogen-bond acceptors (Lipinski definition) is 4. The smallest absolute Gasteiger partial charge is 0.231 e. The van der Waals surface area contributed by atoms with Crippen molar-refractivity contribution in [3.63, 3.8) is 0 Å². The number of anilines is 1. The van der Waals surface area contributed by atoms with E-state index in [1.807, 2.05) is 18.2 Å². The number of hydrogen-bond donors (Lipinski definition) is 2. The van der Waals surface area contributed by atoms with Gasteiger partial charge in [0.2, 0.25) is 5.91 Å². The Hall–Kier alpha value is -2.06.